The largest absolute Gasteiger partial charge is 0.399 e. The van der Waals surface area contributed by atoms with E-state index in [0.717, 1.165) is 11.1 Å². The monoisotopic (exact) mass is 259 g/mol. The maximum Gasteiger partial charge on any atom is 0.126 e. The van der Waals surface area contributed by atoms with Crippen LogP contribution in [0.2, 0.25) is 5.02 Å². The topological polar surface area (TPSA) is 64.4 Å². The third-order valence-corrected chi connectivity index (χ3v) is 2.78. The third-order valence-electron chi connectivity index (χ3n) is 2.53. The van der Waals surface area contributed by atoms with Crippen LogP contribution in [0, 0.1) is 0 Å². The fourth-order valence-electron chi connectivity index (χ4n) is 1.56. The van der Waals surface area contributed by atoms with Gasteiger partial charge in [0.1, 0.15) is 5.84 Å². The van der Waals surface area contributed by atoms with Gasteiger partial charge in [0.25, 0.3) is 0 Å². The first kappa shape index (κ1) is 12.5. The Morgan fingerprint density at radius 2 is 1.83 bits per heavy atom. The summed E-state index contributed by atoms with van der Waals surface area (Å²) in [5, 5.41) is 0.714. The number of rotatable bonds is 3. The summed E-state index contributed by atoms with van der Waals surface area (Å²) in [7, 11) is 0. The molecule has 0 spiro atoms. The lowest BCUT2D eigenvalue weighted by atomic mass is 10.2. The van der Waals surface area contributed by atoms with Crippen molar-refractivity contribution >= 4 is 23.1 Å². The molecular weight excluding hydrogens is 246 g/mol. The van der Waals surface area contributed by atoms with E-state index in [9.17, 15) is 0 Å². The van der Waals surface area contributed by atoms with Crippen LogP contribution in [0.5, 0.6) is 0 Å². The number of nitrogen functional groups attached to an aromatic ring is 1. The minimum Gasteiger partial charge on any atom is -0.399 e. The molecule has 0 aliphatic rings. The van der Waals surface area contributed by atoms with Crippen LogP contribution in [0.3, 0.4) is 0 Å². The molecule has 0 bridgehead atoms. The Balaban J connectivity index is 2.11. The number of benzene rings is 2. The molecule has 2 aromatic carbocycles. The van der Waals surface area contributed by atoms with E-state index in [1.54, 1.807) is 6.07 Å². The van der Waals surface area contributed by atoms with Gasteiger partial charge in [-0.2, -0.15) is 0 Å². The average molecular weight is 260 g/mol. The average Bonchev–Trinajstić information content (AvgIpc) is 2.38. The molecule has 0 aliphatic carbocycles. The lowest BCUT2D eigenvalue weighted by Crippen LogP contribution is -2.13. The van der Waals surface area contributed by atoms with E-state index >= 15 is 0 Å². The van der Waals surface area contributed by atoms with E-state index < -0.39 is 0 Å². The summed E-state index contributed by atoms with van der Waals surface area (Å²) in [5.41, 5.74) is 14.2. The fourth-order valence-corrected chi connectivity index (χ4v) is 1.68. The van der Waals surface area contributed by atoms with E-state index in [1.165, 1.54) is 0 Å². The molecule has 0 radical (unpaired) electrons. The molecular formula is C14H14ClN3. The second kappa shape index (κ2) is 5.56. The predicted octanol–water partition coefficient (Wildman–Crippen LogP) is 2.83. The van der Waals surface area contributed by atoms with Crippen molar-refractivity contribution in [3.63, 3.8) is 0 Å². The normalized spacial score (nSPS) is 11.5. The summed E-state index contributed by atoms with van der Waals surface area (Å²) < 4.78 is 0. The Morgan fingerprint density at radius 3 is 2.50 bits per heavy atom. The van der Waals surface area contributed by atoms with Crippen molar-refractivity contribution < 1.29 is 0 Å². The molecule has 4 heteroatoms. The molecule has 0 saturated heterocycles. The van der Waals surface area contributed by atoms with E-state index in [0.29, 0.717) is 23.1 Å². The van der Waals surface area contributed by atoms with E-state index in [4.69, 9.17) is 23.1 Å². The summed E-state index contributed by atoms with van der Waals surface area (Å²) in [4.78, 5) is 4.33. The van der Waals surface area contributed by atoms with Crippen LogP contribution in [-0.4, -0.2) is 5.84 Å². The molecule has 0 aliphatic heterocycles. The van der Waals surface area contributed by atoms with Crippen molar-refractivity contribution in [1.29, 1.82) is 0 Å². The van der Waals surface area contributed by atoms with Gasteiger partial charge in [-0.25, -0.2) is 0 Å². The molecule has 0 atom stereocenters. The minimum absolute atomic E-state index is 0.484. The molecule has 3 nitrogen and oxygen atoms in total. The number of aliphatic imine (C=N–C) groups is 1. The van der Waals surface area contributed by atoms with Gasteiger partial charge in [0.15, 0.2) is 0 Å². The standard InChI is InChI=1S/C14H14ClN3/c15-12-6-4-10(5-7-12)9-18-14(17)11-2-1-3-13(16)8-11/h1-8H,9,16H2,(H2,17,18). The first-order valence-electron chi connectivity index (χ1n) is 5.55. The second-order valence-corrected chi connectivity index (χ2v) is 4.39. The summed E-state index contributed by atoms with van der Waals surface area (Å²) in [6.07, 6.45) is 0. The van der Waals surface area contributed by atoms with Gasteiger partial charge in [-0.1, -0.05) is 35.9 Å². The van der Waals surface area contributed by atoms with Crippen molar-refractivity contribution in [3.8, 4) is 0 Å². The van der Waals surface area contributed by atoms with Gasteiger partial charge in [0, 0.05) is 16.3 Å². The number of amidine groups is 1. The zero-order valence-corrected chi connectivity index (χ0v) is 10.6. The zero-order chi connectivity index (χ0) is 13.0. The quantitative estimate of drug-likeness (QED) is 0.506. The van der Waals surface area contributed by atoms with Gasteiger partial charge in [0.2, 0.25) is 0 Å². The Hall–Kier alpha value is -2.00. The van der Waals surface area contributed by atoms with Crippen LogP contribution < -0.4 is 11.5 Å². The minimum atomic E-state index is 0.484. The van der Waals surface area contributed by atoms with Crippen LogP contribution in [0.25, 0.3) is 0 Å². The molecule has 0 aromatic heterocycles. The van der Waals surface area contributed by atoms with Gasteiger partial charge < -0.3 is 11.5 Å². The van der Waals surface area contributed by atoms with Crippen LogP contribution in [0.1, 0.15) is 11.1 Å². The highest BCUT2D eigenvalue weighted by molar-refractivity contribution is 6.30. The van der Waals surface area contributed by atoms with Gasteiger partial charge in [0.05, 0.1) is 6.54 Å². The molecule has 0 fully saturated rings. The lowest BCUT2D eigenvalue weighted by molar-refractivity contribution is 1.06. The molecule has 2 rings (SSSR count). The molecule has 0 amide bonds. The molecule has 0 heterocycles. The van der Waals surface area contributed by atoms with Crippen molar-refractivity contribution in [2.24, 2.45) is 10.7 Å². The maximum absolute atomic E-state index is 5.91. The maximum atomic E-state index is 5.91. The SMILES string of the molecule is NC(=NCc1ccc(Cl)cc1)c1cccc(N)c1. The van der Waals surface area contributed by atoms with Gasteiger partial charge in [-0.05, 0) is 29.8 Å². The van der Waals surface area contributed by atoms with Gasteiger partial charge in [-0.3, -0.25) is 4.99 Å². The smallest absolute Gasteiger partial charge is 0.126 e. The summed E-state index contributed by atoms with van der Waals surface area (Å²) in [6.45, 7) is 0.526. The summed E-state index contributed by atoms with van der Waals surface area (Å²) in [6, 6.07) is 14.9. The van der Waals surface area contributed by atoms with Gasteiger partial charge >= 0.3 is 0 Å². The Labute approximate surface area is 111 Å². The van der Waals surface area contributed by atoms with E-state index in [2.05, 4.69) is 4.99 Å². The molecule has 4 N–H and O–H groups in total. The number of nitrogens with zero attached hydrogens (tertiary/aromatic N) is 1. The van der Waals surface area contributed by atoms with Crippen LogP contribution in [0.4, 0.5) is 5.69 Å². The van der Waals surface area contributed by atoms with Crippen molar-refractivity contribution in [2.75, 3.05) is 5.73 Å². The molecule has 0 unspecified atom stereocenters. The first-order valence-corrected chi connectivity index (χ1v) is 5.93. The molecule has 18 heavy (non-hydrogen) atoms. The zero-order valence-electron chi connectivity index (χ0n) is 9.81. The lowest BCUT2D eigenvalue weighted by Gasteiger charge is -2.03. The number of hydrogen-bond acceptors (Lipinski definition) is 2. The van der Waals surface area contributed by atoms with Crippen molar-refractivity contribution in [2.45, 2.75) is 6.54 Å². The van der Waals surface area contributed by atoms with E-state index in [-0.39, 0.29) is 0 Å². The number of hydrogen-bond donors (Lipinski definition) is 2. The van der Waals surface area contributed by atoms with Crippen molar-refractivity contribution in [3.05, 3.63) is 64.7 Å². The first-order chi connectivity index (χ1) is 8.65. The highest BCUT2D eigenvalue weighted by Crippen LogP contribution is 2.11. The third kappa shape index (κ3) is 3.25. The summed E-state index contributed by atoms with van der Waals surface area (Å²) in [5.74, 6) is 0.484. The van der Waals surface area contributed by atoms with Crippen LogP contribution in [0.15, 0.2) is 53.5 Å². The second-order valence-electron chi connectivity index (χ2n) is 3.95. The van der Waals surface area contributed by atoms with Gasteiger partial charge in [-0.15, -0.1) is 0 Å². The Morgan fingerprint density at radius 1 is 1.11 bits per heavy atom. The molecule has 92 valence electrons. The molecule has 2 aromatic rings. The Kier molecular flexibility index (Phi) is 3.85. The van der Waals surface area contributed by atoms with Crippen LogP contribution >= 0.6 is 11.6 Å². The van der Waals surface area contributed by atoms with E-state index in [1.807, 2.05) is 42.5 Å². The highest BCUT2D eigenvalue weighted by Gasteiger charge is 1.98. The number of nitrogens with two attached hydrogens (primary N) is 2. The predicted molar refractivity (Wildman–Crippen MR) is 76.7 cm³/mol. The fraction of sp³-hybridized carbons (Fsp3) is 0.0714. The summed E-state index contributed by atoms with van der Waals surface area (Å²) >= 11 is 5.81. The number of anilines is 1. The van der Waals surface area contributed by atoms with Crippen LogP contribution in [-0.2, 0) is 6.54 Å². The molecule has 0 saturated carbocycles. The Bertz CT molecular complexity index is 562. The highest BCUT2D eigenvalue weighted by atomic mass is 35.5. The number of halogens is 1. The van der Waals surface area contributed by atoms with Crippen molar-refractivity contribution in [1.82, 2.24) is 0 Å².